The van der Waals surface area contributed by atoms with Gasteiger partial charge in [-0.05, 0) is 19.9 Å². The second kappa shape index (κ2) is 8.34. The lowest BCUT2D eigenvalue weighted by Gasteiger charge is -2.10. The molecule has 0 radical (unpaired) electrons. The third-order valence-electron chi connectivity index (χ3n) is 4.11. The molecule has 0 aliphatic carbocycles. The molecule has 1 aromatic carbocycles. The average molecular weight is 381 g/mol. The Morgan fingerprint density at radius 1 is 1.21 bits per heavy atom. The number of ether oxygens (including phenoxy) is 1. The fourth-order valence-corrected chi connectivity index (χ4v) is 2.47. The van der Waals surface area contributed by atoms with E-state index in [0.29, 0.717) is 17.3 Å². The number of carbonyl (C=O) groups is 2. The molecule has 8 heteroatoms. The Hall–Kier alpha value is -3.68. The number of carboxylic acids is 1. The number of carbonyl (C=O) groups excluding carboxylic acids is 1. The van der Waals surface area contributed by atoms with E-state index in [1.807, 2.05) is 37.3 Å². The maximum atomic E-state index is 12.0. The molecule has 8 nitrogen and oxygen atoms in total. The van der Waals surface area contributed by atoms with E-state index in [9.17, 15) is 9.59 Å². The molecule has 3 aromatic rings. The van der Waals surface area contributed by atoms with Crippen molar-refractivity contribution >= 4 is 11.9 Å². The summed E-state index contributed by atoms with van der Waals surface area (Å²) in [4.78, 5) is 26.9. The van der Waals surface area contributed by atoms with Crippen molar-refractivity contribution in [2.45, 2.75) is 26.5 Å². The Bertz CT molecular complexity index is 967. The Balaban J connectivity index is 1.67. The molecule has 0 bridgehead atoms. The van der Waals surface area contributed by atoms with Crippen LogP contribution in [0.25, 0.3) is 11.3 Å². The minimum absolute atomic E-state index is 0.203. The van der Waals surface area contributed by atoms with Gasteiger partial charge in [-0.3, -0.25) is 9.59 Å². The summed E-state index contributed by atoms with van der Waals surface area (Å²) in [6, 6.07) is 11.7. The summed E-state index contributed by atoms with van der Waals surface area (Å²) < 4.78 is 11.0. The van der Waals surface area contributed by atoms with E-state index in [1.165, 1.54) is 19.2 Å². The van der Waals surface area contributed by atoms with Crippen LogP contribution in [0.3, 0.4) is 0 Å². The normalized spacial score (nSPS) is 11.6. The van der Waals surface area contributed by atoms with Crippen LogP contribution in [-0.2, 0) is 11.4 Å². The molecule has 2 N–H and O–H groups in total. The van der Waals surface area contributed by atoms with Crippen LogP contribution in [0.2, 0.25) is 0 Å². The standard InChI is InChI=1S/C20H19N3O5/c1-12(20(25)26)22-19(24)15-8-9-17(21-10-15)27-11-16-13(2)28-23-18(16)14-6-4-3-5-7-14/h3-10,12H,11H2,1-2H3,(H,22,24)(H,25,26). The summed E-state index contributed by atoms with van der Waals surface area (Å²) in [5.74, 6) is -0.658. The number of nitrogens with zero attached hydrogens (tertiary/aromatic N) is 2. The Morgan fingerprint density at radius 2 is 1.96 bits per heavy atom. The van der Waals surface area contributed by atoms with E-state index >= 15 is 0 Å². The Morgan fingerprint density at radius 3 is 2.61 bits per heavy atom. The van der Waals surface area contributed by atoms with Crippen LogP contribution in [0, 0.1) is 6.92 Å². The van der Waals surface area contributed by atoms with Crippen molar-refractivity contribution in [3.63, 3.8) is 0 Å². The zero-order valence-electron chi connectivity index (χ0n) is 15.4. The zero-order valence-corrected chi connectivity index (χ0v) is 15.4. The van der Waals surface area contributed by atoms with Gasteiger partial charge in [-0.1, -0.05) is 35.5 Å². The second-order valence-electron chi connectivity index (χ2n) is 6.14. The lowest BCUT2D eigenvalue weighted by molar-refractivity contribution is -0.138. The first kappa shape index (κ1) is 19.1. The summed E-state index contributed by atoms with van der Waals surface area (Å²) in [6.07, 6.45) is 1.33. The molecule has 1 unspecified atom stereocenters. The van der Waals surface area contributed by atoms with E-state index in [-0.39, 0.29) is 12.2 Å². The molecule has 0 aliphatic rings. The highest BCUT2D eigenvalue weighted by Crippen LogP contribution is 2.26. The highest BCUT2D eigenvalue weighted by atomic mass is 16.5. The SMILES string of the molecule is Cc1onc(-c2ccccc2)c1COc1ccc(C(=O)NC(C)C(=O)O)cn1. The molecule has 1 atom stereocenters. The number of pyridine rings is 1. The summed E-state index contributed by atoms with van der Waals surface area (Å²) in [5, 5.41) is 15.3. The lowest BCUT2D eigenvalue weighted by Crippen LogP contribution is -2.38. The monoisotopic (exact) mass is 381 g/mol. The van der Waals surface area contributed by atoms with Crippen molar-refractivity contribution in [3.8, 4) is 17.1 Å². The molecule has 28 heavy (non-hydrogen) atoms. The van der Waals surface area contributed by atoms with Gasteiger partial charge in [0.15, 0.2) is 0 Å². The molecule has 3 rings (SSSR count). The van der Waals surface area contributed by atoms with Gasteiger partial charge in [0.1, 0.15) is 24.1 Å². The first-order valence-corrected chi connectivity index (χ1v) is 8.59. The number of carboxylic acid groups (broad SMARTS) is 1. The van der Waals surface area contributed by atoms with Crippen molar-refractivity contribution in [3.05, 3.63) is 65.5 Å². The average Bonchev–Trinajstić information content (AvgIpc) is 3.07. The number of hydrogen-bond donors (Lipinski definition) is 2. The predicted molar refractivity (Wildman–Crippen MR) is 99.8 cm³/mol. The molecule has 0 fully saturated rings. The van der Waals surface area contributed by atoms with E-state index in [1.54, 1.807) is 6.07 Å². The highest BCUT2D eigenvalue weighted by Gasteiger charge is 2.17. The molecule has 144 valence electrons. The molecular formula is C20H19N3O5. The molecular weight excluding hydrogens is 362 g/mol. The van der Waals surface area contributed by atoms with Crippen molar-refractivity contribution in [2.24, 2.45) is 0 Å². The molecule has 0 aliphatic heterocycles. The summed E-state index contributed by atoms with van der Waals surface area (Å²) in [5.41, 5.74) is 2.68. The van der Waals surface area contributed by atoms with Crippen LogP contribution in [0.5, 0.6) is 5.88 Å². The highest BCUT2D eigenvalue weighted by molar-refractivity contribution is 5.96. The Kier molecular flexibility index (Phi) is 5.69. The molecule has 2 heterocycles. The number of benzene rings is 1. The molecule has 0 saturated carbocycles. The van der Waals surface area contributed by atoms with Gasteiger partial charge in [-0.15, -0.1) is 0 Å². The lowest BCUT2D eigenvalue weighted by atomic mass is 10.1. The van der Waals surface area contributed by atoms with Gasteiger partial charge in [-0.25, -0.2) is 4.98 Å². The number of nitrogens with one attached hydrogen (secondary N) is 1. The Labute approximate surface area is 161 Å². The van der Waals surface area contributed by atoms with Gasteiger partial charge in [0, 0.05) is 17.8 Å². The number of aromatic nitrogens is 2. The fraction of sp³-hybridized carbons (Fsp3) is 0.200. The van der Waals surface area contributed by atoms with E-state index in [2.05, 4.69) is 15.5 Å². The third-order valence-corrected chi connectivity index (χ3v) is 4.11. The van der Waals surface area contributed by atoms with Crippen molar-refractivity contribution in [2.75, 3.05) is 0 Å². The van der Waals surface area contributed by atoms with E-state index < -0.39 is 17.9 Å². The summed E-state index contributed by atoms with van der Waals surface area (Å²) in [7, 11) is 0. The summed E-state index contributed by atoms with van der Waals surface area (Å²) in [6.45, 7) is 3.40. The second-order valence-corrected chi connectivity index (χ2v) is 6.14. The van der Waals surface area contributed by atoms with Crippen molar-refractivity contribution in [1.82, 2.24) is 15.5 Å². The van der Waals surface area contributed by atoms with Crippen LogP contribution < -0.4 is 10.1 Å². The number of amides is 1. The minimum Gasteiger partial charge on any atom is -0.480 e. The van der Waals surface area contributed by atoms with E-state index in [4.69, 9.17) is 14.4 Å². The van der Waals surface area contributed by atoms with Gasteiger partial charge < -0.3 is 19.7 Å². The van der Waals surface area contributed by atoms with Gasteiger partial charge in [-0.2, -0.15) is 0 Å². The quantitative estimate of drug-likeness (QED) is 0.647. The molecule has 0 saturated heterocycles. The number of aliphatic carboxylic acids is 1. The molecule has 2 aromatic heterocycles. The van der Waals surface area contributed by atoms with Crippen LogP contribution in [-0.4, -0.2) is 33.2 Å². The largest absolute Gasteiger partial charge is 0.480 e. The number of hydrogen-bond acceptors (Lipinski definition) is 6. The van der Waals surface area contributed by atoms with Crippen LogP contribution in [0.4, 0.5) is 0 Å². The van der Waals surface area contributed by atoms with Gasteiger partial charge >= 0.3 is 5.97 Å². The zero-order chi connectivity index (χ0) is 20.1. The molecule has 1 amide bonds. The first-order valence-electron chi connectivity index (χ1n) is 8.59. The third kappa shape index (κ3) is 4.35. The predicted octanol–water partition coefficient (Wildman–Crippen LogP) is 2.83. The molecule has 0 spiro atoms. The smallest absolute Gasteiger partial charge is 0.325 e. The topological polar surface area (TPSA) is 115 Å². The van der Waals surface area contributed by atoms with Crippen LogP contribution >= 0.6 is 0 Å². The maximum Gasteiger partial charge on any atom is 0.325 e. The number of aryl methyl sites for hydroxylation is 1. The van der Waals surface area contributed by atoms with Gasteiger partial charge in [0.05, 0.1) is 11.1 Å². The maximum absolute atomic E-state index is 12.0. The first-order chi connectivity index (χ1) is 13.5. The van der Waals surface area contributed by atoms with Crippen LogP contribution in [0.1, 0.15) is 28.6 Å². The summed E-state index contributed by atoms with van der Waals surface area (Å²) >= 11 is 0. The van der Waals surface area contributed by atoms with E-state index in [0.717, 1.165) is 11.1 Å². The fourth-order valence-electron chi connectivity index (χ4n) is 2.47. The van der Waals surface area contributed by atoms with Gasteiger partial charge in [0.2, 0.25) is 5.88 Å². The minimum atomic E-state index is -1.11. The van der Waals surface area contributed by atoms with Crippen LogP contribution in [0.15, 0.2) is 53.2 Å². The van der Waals surface area contributed by atoms with Crippen molar-refractivity contribution < 1.29 is 24.0 Å². The number of rotatable bonds is 7. The van der Waals surface area contributed by atoms with Crippen molar-refractivity contribution in [1.29, 1.82) is 0 Å². The van der Waals surface area contributed by atoms with Gasteiger partial charge in [0.25, 0.3) is 5.91 Å².